The fourth-order valence-corrected chi connectivity index (χ4v) is 5.58. The third kappa shape index (κ3) is 2.06. The molecule has 3 atom stereocenters. The Labute approximate surface area is 125 Å². The summed E-state index contributed by atoms with van der Waals surface area (Å²) in [6.07, 6.45) is 8.86. The molecule has 0 amide bonds. The van der Waals surface area contributed by atoms with Gasteiger partial charge in [-0.1, -0.05) is 53.4 Å². The predicted molar refractivity (Wildman–Crippen MR) is 83.6 cm³/mol. The van der Waals surface area contributed by atoms with Crippen molar-refractivity contribution in [3.05, 3.63) is 0 Å². The fraction of sp³-hybridized carbons (Fsp3) is 1.00. The normalized spacial score (nSPS) is 35.7. The van der Waals surface area contributed by atoms with E-state index in [0.29, 0.717) is 5.92 Å². The smallest absolute Gasteiger partial charge is 0.0733 e. The number of rotatable bonds is 7. The molecule has 0 heterocycles. The Morgan fingerprint density at radius 1 is 1.10 bits per heavy atom. The SMILES string of the molecule is CCCCC(O)(CCCC)[C@]12CC[C@H](C[C@H]1O)C2(C)C. The highest BCUT2D eigenvalue weighted by molar-refractivity contribution is 5.20. The lowest BCUT2D eigenvalue weighted by Gasteiger charge is -2.53. The summed E-state index contributed by atoms with van der Waals surface area (Å²) in [5.74, 6) is 0.590. The quantitative estimate of drug-likeness (QED) is 0.731. The van der Waals surface area contributed by atoms with Crippen molar-refractivity contribution in [2.45, 2.75) is 97.2 Å². The van der Waals surface area contributed by atoms with Gasteiger partial charge in [-0.3, -0.25) is 0 Å². The molecule has 0 saturated heterocycles. The molecule has 0 aromatic rings. The monoisotopic (exact) mass is 282 g/mol. The largest absolute Gasteiger partial charge is 0.392 e. The molecule has 2 fully saturated rings. The van der Waals surface area contributed by atoms with E-state index in [4.69, 9.17) is 0 Å². The van der Waals surface area contributed by atoms with Crippen molar-refractivity contribution in [3.63, 3.8) is 0 Å². The summed E-state index contributed by atoms with van der Waals surface area (Å²) in [5, 5.41) is 22.4. The van der Waals surface area contributed by atoms with Gasteiger partial charge in [-0.05, 0) is 43.4 Å². The molecule has 118 valence electrons. The second-order valence-electron chi connectivity index (χ2n) is 7.92. The van der Waals surface area contributed by atoms with Crippen LogP contribution in [0.15, 0.2) is 0 Å². The number of aliphatic hydroxyl groups excluding tert-OH is 1. The first kappa shape index (κ1) is 16.3. The van der Waals surface area contributed by atoms with E-state index in [1.165, 1.54) is 6.42 Å². The van der Waals surface area contributed by atoms with Gasteiger partial charge in [-0.25, -0.2) is 0 Å². The molecule has 0 aromatic heterocycles. The zero-order valence-corrected chi connectivity index (χ0v) is 13.9. The molecule has 0 radical (unpaired) electrons. The van der Waals surface area contributed by atoms with Crippen molar-refractivity contribution < 1.29 is 10.2 Å². The Morgan fingerprint density at radius 2 is 1.65 bits per heavy atom. The maximum atomic E-state index is 11.6. The summed E-state index contributed by atoms with van der Waals surface area (Å²) in [4.78, 5) is 0. The highest BCUT2D eigenvalue weighted by Crippen LogP contribution is 2.71. The van der Waals surface area contributed by atoms with Crippen molar-refractivity contribution in [1.29, 1.82) is 0 Å². The Bertz CT molecular complexity index is 328. The van der Waals surface area contributed by atoms with Gasteiger partial charge in [-0.2, -0.15) is 0 Å². The first-order valence-electron chi connectivity index (χ1n) is 8.76. The van der Waals surface area contributed by atoms with E-state index in [1.54, 1.807) is 0 Å². The summed E-state index contributed by atoms with van der Waals surface area (Å²) in [6, 6.07) is 0. The molecule has 2 aliphatic rings. The van der Waals surface area contributed by atoms with Gasteiger partial charge in [0.05, 0.1) is 11.7 Å². The summed E-state index contributed by atoms with van der Waals surface area (Å²) in [7, 11) is 0. The molecule has 0 aromatic carbocycles. The second-order valence-corrected chi connectivity index (χ2v) is 7.92. The van der Waals surface area contributed by atoms with Gasteiger partial charge in [0.1, 0.15) is 0 Å². The first-order valence-corrected chi connectivity index (χ1v) is 8.76. The van der Waals surface area contributed by atoms with Crippen LogP contribution >= 0.6 is 0 Å². The van der Waals surface area contributed by atoms with Gasteiger partial charge in [-0.15, -0.1) is 0 Å². The van der Waals surface area contributed by atoms with E-state index in [2.05, 4.69) is 27.7 Å². The van der Waals surface area contributed by atoms with Crippen LogP contribution in [0.5, 0.6) is 0 Å². The summed E-state index contributed by atoms with van der Waals surface area (Å²) < 4.78 is 0. The molecule has 2 saturated carbocycles. The Hall–Kier alpha value is -0.0800. The average molecular weight is 282 g/mol. The highest BCUT2D eigenvalue weighted by Gasteiger charge is 2.70. The van der Waals surface area contributed by atoms with E-state index < -0.39 is 5.60 Å². The summed E-state index contributed by atoms with van der Waals surface area (Å²) >= 11 is 0. The average Bonchev–Trinajstić information content (AvgIpc) is 2.78. The van der Waals surface area contributed by atoms with Gasteiger partial charge < -0.3 is 10.2 Å². The minimum atomic E-state index is -0.673. The lowest BCUT2D eigenvalue weighted by Crippen LogP contribution is -2.57. The van der Waals surface area contributed by atoms with Gasteiger partial charge in [0, 0.05) is 5.41 Å². The zero-order valence-electron chi connectivity index (χ0n) is 13.9. The van der Waals surface area contributed by atoms with Crippen molar-refractivity contribution in [2.75, 3.05) is 0 Å². The predicted octanol–water partition coefficient (Wildman–Crippen LogP) is 4.29. The molecule has 2 N–H and O–H groups in total. The van der Waals surface area contributed by atoms with Crippen molar-refractivity contribution >= 4 is 0 Å². The molecular formula is C18H34O2. The third-order valence-electron chi connectivity index (χ3n) is 6.85. The summed E-state index contributed by atoms with van der Waals surface area (Å²) in [6.45, 7) is 8.96. The van der Waals surface area contributed by atoms with Crippen LogP contribution in [0.1, 0.15) is 85.5 Å². The Morgan fingerprint density at radius 3 is 2.00 bits per heavy atom. The molecule has 2 rings (SSSR count). The fourth-order valence-electron chi connectivity index (χ4n) is 5.58. The Balaban J connectivity index is 2.35. The van der Waals surface area contributed by atoms with Crippen LogP contribution < -0.4 is 0 Å². The Kier molecular flexibility index (Phi) is 4.57. The van der Waals surface area contributed by atoms with Crippen molar-refractivity contribution in [1.82, 2.24) is 0 Å². The third-order valence-corrected chi connectivity index (χ3v) is 6.85. The molecule has 2 aliphatic carbocycles. The van der Waals surface area contributed by atoms with Crippen LogP contribution in [0.2, 0.25) is 0 Å². The molecule has 2 bridgehead atoms. The maximum absolute atomic E-state index is 11.6. The first-order chi connectivity index (χ1) is 9.35. The van der Waals surface area contributed by atoms with E-state index in [0.717, 1.165) is 51.4 Å². The van der Waals surface area contributed by atoms with Crippen molar-refractivity contribution in [3.8, 4) is 0 Å². The number of hydrogen-bond acceptors (Lipinski definition) is 2. The van der Waals surface area contributed by atoms with Gasteiger partial charge in [0.15, 0.2) is 0 Å². The van der Waals surface area contributed by atoms with Crippen molar-refractivity contribution in [2.24, 2.45) is 16.7 Å². The van der Waals surface area contributed by atoms with Gasteiger partial charge >= 0.3 is 0 Å². The number of unbranched alkanes of at least 4 members (excludes halogenated alkanes) is 2. The molecule has 2 heteroatoms. The van der Waals surface area contributed by atoms with Crippen LogP contribution in [0.25, 0.3) is 0 Å². The van der Waals surface area contributed by atoms with Crippen LogP contribution in [0.3, 0.4) is 0 Å². The molecule has 0 spiro atoms. The number of aliphatic hydroxyl groups is 2. The minimum Gasteiger partial charge on any atom is -0.392 e. The van der Waals surface area contributed by atoms with Crippen LogP contribution in [0.4, 0.5) is 0 Å². The molecule has 0 aliphatic heterocycles. The van der Waals surface area contributed by atoms with E-state index in [9.17, 15) is 10.2 Å². The lowest BCUT2D eigenvalue weighted by molar-refractivity contribution is -0.178. The maximum Gasteiger partial charge on any atom is 0.0733 e. The van der Waals surface area contributed by atoms with Crippen LogP contribution in [0, 0.1) is 16.7 Å². The zero-order chi connectivity index (χ0) is 15.0. The standard InChI is InChI=1S/C18H34O2/c1-5-7-10-17(20,11-8-6-2)18-12-9-14(13-15(18)19)16(18,3)4/h14-15,19-20H,5-13H2,1-4H3/t14-,15-,18-/m1/s1. The second kappa shape index (κ2) is 5.61. The van der Waals surface area contributed by atoms with Gasteiger partial charge in [0.2, 0.25) is 0 Å². The van der Waals surface area contributed by atoms with Crippen LogP contribution in [-0.2, 0) is 0 Å². The van der Waals surface area contributed by atoms with E-state index in [1.807, 2.05) is 0 Å². The molecule has 20 heavy (non-hydrogen) atoms. The van der Waals surface area contributed by atoms with E-state index in [-0.39, 0.29) is 16.9 Å². The number of fused-ring (bicyclic) bond motifs is 2. The topological polar surface area (TPSA) is 40.5 Å². The van der Waals surface area contributed by atoms with Gasteiger partial charge in [0.25, 0.3) is 0 Å². The van der Waals surface area contributed by atoms with E-state index >= 15 is 0 Å². The highest BCUT2D eigenvalue weighted by atomic mass is 16.3. The molecular weight excluding hydrogens is 248 g/mol. The molecule has 2 nitrogen and oxygen atoms in total. The number of hydrogen-bond donors (Lipinski definition) is 2. The van der Waals surface area contributed by atoms with Crippen LogP contribution in [-0.4, -0.2) is 21.9 Å². The summed E-state index contributed by atoms with van der Waals surface area (Å²) in [5.41, 5.74) is -0.870. The lowest BCUT2D eigenvalue weighted by atomic mass is 9.56. The molecule has 0 unspecified atom stereocenters. The minimum absolute atomic E-state index is 0.0721.